The van der Waals surface area contributed by atoms with Gasteiger partial charge in [-0.05, 0) is 35.6 Å². The average Bonchev–Trinajstić information content (AvgIpc) is 2.72. The first kappa shape index (κ1) is 20.8. The molecule has 0 saturated heterocycles. The Bertz CT molecular complexity index is 765. The third-order valence-corrected chi connectivity index (χ3v) is 5.97. The molecule has 0 spiro atoms. The van der Waals surface area contributed by atoms with Gasteiger partial charge in [-0.15, -0.1) is 0 Å². The topological polar surface area (TPSA) is 55.6 Å². The lowest BCUT2D eigenvalue weighted by atomic mass is 9.84. The van der Waals surface area contributed by atoms with E-state index in [0.717, 1.165) is 12.0 Å². The highest BCUT2D eigenvalue weighted by atomic mass is 16.5. The summed E-state index contributed by atoms with van der Waals surface area (Å²) < 4.78 is 5.84. The molecule has 2 aromatic rings. The van der Waals surface area contributed by atoms with Crippen LogP contribution in [0.1, 0.15) is 51.0 Å². The van der Waals surface area contributed by atoms with Crippen molar-refractivity contribution >= 4 is 16.7 Å². The van der Waals surface area contributed by atoms with E-state index in [0.29, 0.717) is 19.1 Å². The number of hydrogen-bond acceptors (Lipinski definition) is 3. The first-order valence-electron chi connectivity index (χ1n) is 10.7. The zero-order chi connectivity index (χ0) is 19.9. The van der Waals surface area contributed by atoms with E-state index in [1.54, 1.807) is 4.90 Å². The molecule has 1 amide bonds. The molecule has 0 aromatic heterocycles. The number of nitrogens with zero attached hydrogens (tertiary/aromatic N) is 1. The zero-order valence-corrected chi connectivity index (χ0v) is 17.3. The van der Waals surface area contributed by atoms with Gasteiger partial charge in [0.2, 0.25) is 0 Å². The molecule has 152 valence electrons. The number of rotatable bonds is 8. The molecule has 2 aromatic carbocycles. The van der Waals surface area contributed by atoms with Gasteiger partial charge in [0.25, 0.3) is 5.91 Å². The molecule has 2 N–H and O–H groups in total. The first-order chi connectivity index (χ1) is 13.6. The first-order valence-corrected chi connectivity index (χ1v) is 10.7. The monoisotopic (exact) mass is 382 g/mol. The van der Waals surface area contributed by atoms with Crippen LogP contribution in [0.15, 0.2) is 42.5 Å². The molecule has 0 aliphatic heterocycles. The maximum atomic E-state index is 13.2. The van der Waals surface area contributed by atoms with Crippen molar-refractivity contribution in [3.05, 3.63) is 48.0 Å². The van der Waals surface area contributed by atoms with Crippen LogP contribution in [-0.2, 0) is 16.1 Å². The smallest absolute Gasteiger partial charge is 0.253 e. The van der Waals surface area contributed by atoms with Crippen LogP contribution in [-0.4, -0.2) is 36.6 Å². The summed E-state index contributed by atoms with van der Waals surface area (Å²) in [5.74, 6) is 0.612. The number of nitrogens with two attached hydrogens (primary N) is 1. The largest absolute Gasteiger partial charge is 0.367 e. The van der Waals surface area contributed by atoms with Crippen LogP contribution in [0.5, 0.6) is 0 Å². The molecule has 0 bridgehead atoms. The second kappa shape index (κ2) is 10.0. The molecule has 0 radical (unpaired) electrons. The Morgan fingerprint density at radius 2 is 1.86 bits per heavy atom. The Morgan fingerprint density at radius 1 is 1.14 bits per heavy atom. The quantitative estimate of drug-likeness (QED) is 0.731. The van der Waals surface area contributed by atoms with Gasteiger partial charge in [0.15, 0.2) is 6.10 Å². The van der Waals surface area contributed by atoms with Gasteiger partial charge in [-0.2, -0.15) is 0 Å². The Balaban J connectivity index is 1.69. The van der Waals surface area contributed by atoms with E-state index < -0.39 is 6.10 Å². The Labute approximate surface area is 169 Å². The van der Waals surface area contributed by atoms with Gasteiger partial charge >= 0.3 is 0 Å². The molecule has 2 atom stereocenters. The van der Waals surface area contributed by atoms with E-state index >= 15 is 0 Å². The fourth-order valence-corrected chi connectivity index (χ4v) is 4.47. The van der Waals surface area contributed by atoms with Crippen molar-refractivity contribution in [1.82, 2.24) is 4.90 Å². The fraction of sp³-hybridized carbons (Fsp3) is 0.542. The fourth-order valence-electron chi connectivity index (χ4n) is 4.47. The lowest BCUT2D eigenvalue weighted by Crippen LogP contribution is -2.49. The molecule has 3 rings (SSSR count). The minimum Gasteiger partial charge on any atom is -0.367 e. The maximum Gasteiger partial charge on any atom is 0.253 e. The van der Waals surface area contributed by atoms with Gasteiger partial charge < -0.3 is 15.4 Å². The number of fused-ring (bicyclic) bond motifs is 1. The number of carbonyl (C=O) groups excluding carboxylic acids is 1. The van der Waals surface area contributed by atoms with Crippen LogP contribution in [0.25, 0.3) is 10.8 Å². The predicted molar refractivity (Wildman–Crippen MR) is 115 cm³/mol. The summed E-state index contributed by atoms with van der Waals surface area (Å²) >= 11 is 0. The molecular weight excluding hydrogens is 348 g/mol. The summed E-state index contributed by atoms with van der Waals surface area (Å²) in [6.45, 7) is 2.98. The van der Waals surface area contributed by atoms with Crippen molar-refractivity contribution in [3.63, 3.8) is 0 Å². The molecular formula is C24H34N2O2. The molecule has 1 unspecified atom stereocenters. The number of carbonyl (C=O) groups is 1. The molecule has 1 fully saturated rings. The lowest BCUT2D eigenvalue weighted by Gasteiger charge is -2.31. The van der Waals surface area contributed by atoms with Crippen LogP contribution in [0.4, 0.5) is 0 Å². The Kier molecular flexibility index (Phi) is 7.46. The summed E-state index contributed by atoms with van der Waals surface area (Å²) in [4.78, 5) is 14.9. The number of hydrogen-bond donors (Lipinski definition) is 1. The summed E-state index contributed by atoms with van der Waals surface area (Å²) in [5.41, 5.74) is 7.63. The average molecular weight is 383 g/mol. The second-order valence-electron chi connectivity index (χ2n) is 8.11. The highest BCUT2D eigenvalue weighted by Crippen LogP contribution is 2.28. The van der Waals surface area contributed by atoms with E-state index in [1.807, 2.05) is 32.2 Å². The Hall–Kier alpha value is -1.91. The summed E-state index contributed by atoms with van der Waals surface area (Å²) in [5, 5.41) is 2.38. The minimum atomic E-state index is -0.563. The lowest BCUT2D eigenvalue weighted by molar-refractivity contribution is -0.144. The number of likely N-dealkylation sites (N-methyl/N-ethyl adjacent to an activating group) is 1. The third-order valence-electron chi connectivity index (χ3n) is 5.97. The van der Waals surface area contributed by atoms with Crippen molar-refractivity contribution in [2.45, 2.75) is 64.1 Å². The molecule has 1 aliphatic carbocycles. The molecule has 1 saturated carbocycles. The van der Waals surface area contributed by atoms with Crippen molar-refractivity contribution in [2.75, 3.05) is 13.7 Å². The van der Waals surface area contributed by atoms with Crippen LogP contribution in [0, 0.1) is 5.92 Å². The van der Waals surface area contributed by atoms with Gasteiger partial charge in [0, 0.05) is 26.2 Å². The van der Waals surface area contributed by atoms with Gasteiger partial charge in [-0.3, -0.25) is 4.79 Å². The normalized spacial score (nSPS) is 17.4. The van der Waals surface area contributed by atoms with E-state index in [2.05, 4.69) is 24.3 Å². The van der Waals surface area contributed by atoms with Gasteiger partial charge in [0.05, 0.1) is 0 Å². The third kappa shape index (κ3) is 5.12. The molecule has 1 aliphatic rings. The standard InChI is InChI=1S/C24H34N2O2/c1-3-28-23(22(25)16-18-10-5-4-6-11-18)24(27)26(2)17-20-14-9-13-19-12-7-8-15-21(19)20/h7-9,12-15,18,22-23H,3-6,10-11,16-17,25H2,1-2H3/t22-,23?/m1/s1. The summed E-state index contributed by atoms with van der Waals surface area (Å²) in [6.07, 6.45) is 6.66. The molecule has 28 heavy (non-hydrogen) atoms. The number of benzene rings is 2. The Morgan fingerprint density at radius 3 is 2.61 bits per heavy atom. The van der Waals surface area contributed by atoms with E-state index in [-0.39, 0.29) is 11.9 Å². The van der Waals surface area contributed by atoms with E-state index in [9.17, 15) is 4.79 Å². The zero-order valence-electron chi connectivity index (χ0n) is 17.3. The van der Waals surface area contributed by atoms with Crippen molar-refractivity contribution in [1.29, 1.82) is 0 Å². The van der Waals surface area contributed by atoms with Crippen molar-refractivity contribution in [3.8, 4) is 0 Å². The van der Waals surface area contributed by atoms with Gasteiger partial charge in [-0.25, -0.2) is 0 Å². The van der Waals surface area contributed by atoms with Gasteiger partial charge in [0.1, 0.15) is 0 Å². The molecule has 4 heteroatoms. The number of ether oxygens (including phenoxy) is 1. The van der Waals surface area contributed by atoms with Gasteiger partial charge in [-0.1, -0.05) is 74.6 Å². The summed E-state index contributed by atoms with van der Waals surface area (Å²) in [6, 6.07) is 14.3. The predicted octanol–water partition coefficient (Wildman–Crippen LogP) is 4.50. The van der Waals surface area contributed by atoms with Crippen LogP contribution in [0.2, 0.25) is 0 Å². The highest BCUT2D eigenvalue weighted by Gasteiger charge is 2.31. The SMILES string of the molecule is CCOC(C(=O)N(C)Cc1cccc2ccccc12)[C@H](N)CC1CCCCC1. The van der Waals surface area contributed by atoms with Crippen LogP contribution < -0.4 is 5.73 Å². The van der Waals surface area contributed by atoms with E-state index in [1.165, 1.54) is 42.9 Å². The highest BCUT2D eigenvalue weighted by molar-refractivity contribution is 5.86. The minimum absolute atomic E-state index is 0.0157. The molecule has 4 nitrogen and oxygen atoms in total. The second-order valence-corrected chi connectivity index (χ2v) is 8.11. The number of amides is 1. The van der Waals surface area contributed by atoms with Crippen molar-refractivity contribution in [2.24, 2.45) is 11.7 Å². The maximum absolute atomic E-state index is 13.2. The van der Waals surface area contributed by atoms with Crippen LogP contribution >= 0.6 is 0 Å². The van der Waals surface area contributed by atoms with E-state index in [4.69, 9.17) is 10.5 Å². The molecule has 0 heterocycles. The summed E-state index contributed by atoms with van der Waals surface area (Å²) in [7, 11) is 1.85. The van der Waals surface area contributed by atoms with Crippen LogP contribution in [0.3, 0.4) is 0 Å². The van der Waals surface area contributed by atoms with Crippen molar-refractivity contribution < 1.29 is 9.53 Å².